The standard InChI is InChI=1S/C10H10NO2/c1-3-8-5-9(4-2)7-10(6-8)11(12)13/h5-7H,1,4H2,2H3. The molecule has 13 heavy (non-hydrogen) atoms. The van der Waals surface area contributed by atoms with Crippen molar-refractivity contribution in [2.75, 3.05) is 0 Å². The molecular formula is C10H10NO2. The van der Waals surface area contributed by atoms with E-state index >= 15 is 0 Å². The van der Waals surface area contributed by atoms with Gasteiger partial charge in [0, 0.05) is 12.1 Å². The molecule has 0 heterocycles. The molecule has 67 valence electrons. The van der Waals surface area contributed by atoms with E-state index in [1.807, 2.05) is 13.0 Å². The Bertz CT molecular complexity index is 345. The molecule has 0 atom stereocenters. The first-order valence-corrected chi connectivity index (χ1v) is 3.99. The predicted molar refractivity (Wildman–Crippen MR) is 50.4 cm³/mol. The van der Waals surface area contributed by atoms with Crippen LogP contribution >= 0.6 is 0 Å². The lowest BCUT2D eigenvalue weighted by Crippen LogP contribution is -1.91. The van der Waals surface area contributed by atoms with Crippen LogP contribution < -0.4 is 0 Å². The first-order chi connectivity index (χ1) is 6.17. The Morgan fingerprint density at radius 3 is 2.69 bits per heavy atom. The van der Waals surface area contributed by atoms with Crippen molar-refractivity contribution in [3.05, 3.63) is 52.1 Å². The van der Waals surface area contributed by atoms with Gasteiger partial charge < -0.3 is 0 Å². The van der Waals surface area contributed by atoms with Gasteiger partial charge in [0.2, 0.25) is 0 Å². The predicted octanol–water partition coefficient (Wildman–Crippen LogP) is 2.49. The topological polar surface area (TPSA) is 43.1 Å². The number of non-ortho nitro benzene ring substituents is 1. The number of hydrogen-bond acceptors (Lipinski definition) is 2. The van der Waals surface area contributed by atoms with E-state index in [2.05, 4.69) is 12.7 Å². The van der Waals surface area contributed by atoms with Crippen LogP contribution in [0.1, 0.15) is 18.1 Å². The average Bonchev–Trinajstić information content (AvgIpc) is 2.16. The maximum absolute atomic E-state index is 10.5. The van der Waals surface area contributed by atoms with Gasteiger partial charge in [-0.15, -0.1) is 0 Å². The molecule has 0 aliphatic rings. The molecule has 0 bridgehead atoms. The molecule has 1 radical (unpaired) electrons. The van der Waals surface area contributed by atoms with Crippen LogP contribution in [-0.2, 0) is 6.42 Å². The van der Waals surface area contributed by atoms with E-state index < -0.39 is 4.92 Å². The molecule has 3 heteroatoms. The summed E-state index contributed by atoms with van der Waals surface area (Å²) in [6.07, 6.45) is 3.42. The van der Waals surface area contributed by atoms with Crippen LogP contribution in [0.3, 0.4) is 0 Å². The highest BCUT2D eigenvalue weighted by Gasteiger charge is 2.07. The largest absolute Gasteiger partial charge is 0.270 e. The van der Waals surface area contributed by atoms with Crippen molar-refractivity contribution in [3.63, 3.8) is 0 Å². The molecule has 0 spiro atoms. The molecule has 0 N–H and O–H groups in total. The van der Waals surface area contributed by atoms with Crippen molar-refractivity contribution in [3.8, 4) is 0 Å². The second-order valence-corrected chi connectivity index (χ2v) is 2.68. The van der Waals surface area contributed by atoms with Crippen LogP contribution in [0.2, 0.25) is 0 Å². The number of aryl methyl sites for hydroxylation is 1. The molecule has 0 fully saturated rings. The number of hydrogen-bond donors (Lipinski definition) is 0. The van der Waals surface area contributed by atoms with E-state index in [1.165, 1.54) is 6.07 Å². The molecule has 0 aliphatic carbocycles. The van der Waals surface area contributed by atoms with Gasteiger partial charge in [0.15, 0.2) is 0 Å². The Morgan fingerprint density at radius 1 is 1.54 bits per heavy atom. The van der Waals surface area contributed by atoms with Crippen LogP contribution in [0.5, 0.6) is 0 Å². The summed E-state index contributed by atoms with van der Waals surface area (Å²) in [6, 6.07) is 4.88. The van der Waals surface area contributed by atoms with Crippen molar-refractivity contribution < 1.29 is 4.92 Å². The molecule has 0 aliphatic heterocycles. The SMILES string of the molecule is C=[C]c1cc(CC)cc([N+](=O)[O-])c1. The van der Waals surface area contributed by atoms with Crippen molar-refractivity contribution in [2.24, 2.45) is 0 Å². The van der Waals surface area contributed by atoms with E-state index in [1.54, 1.807) is 6.07 Å². The molecule has 0 aromatic heterocycles. The summed E-state index contributed by atoms with van der Waals surface area (Å²) in [5, 5.41) is 10.5. The first-order valence-electron chi connectivity index (χ1n) is 3.99. The van der Waals surface area contributed by atoms with Gasteiger partial charge in [-0.05, 0) is 23.6 Å². The van der Waals surface area contributed by atoms with E-state index in [9.17, 15) is 10.1 Å². The molecule has 0 unspecified atom stereocenters. The second kappa shape index (κ2) is 3.85. The minimum atomic E-state index is -0.403. The van der Waals surface area contributed by atoms with Gasteiger partial charge in [0.05, 0.1) is 4.92 Å². The van der Waals surface area contributed by atoms with Crippen LogP contribution in [-0.4, -0.2) is 4.92 Å². The van der Waals surface area contributed by atoms with Crippen LogP contribution in [0.4, 0.5) is 5.69 Å². The number of nitrogens with zero attached hydrogens (tertiary/aromatic N) is 1. The van der Waals surface area contributed by atoms with Crippen LogP contribution in [0.25, 0.3) is 0 Å². The van der Waals surface area contributed by atoms with E-state index in [0.29, 0.717) is 5.56 Å². The van der Waals surface area contributed by atoms with Crippen LogP contribution in [0.15, 0.2) is 24.8 Å². The zero-order chi connectivity index (χ0) is 9.84. The molecule has 0 saturated heterocycles. The monoisotopic (exact) mass is 176 g/mol. The Hall–Kier alpha value is -1.64. The summed E-state index contributed by atoms with van der Waals surface area (Å²) in [5.74, 6) is 0. The fourth-order valence-electron chi connectivity index (χ4n) is 1.09. The fraction of sp³-hybridized carbons (Fsp3) is 0.200. The third kappa shape index (κ3) is 2.15. The third-order valence-electron chi connectivity index (χ3n) is 1.80. The van der Waals surface area contributed by atoms with Crippen molar-refractivity contribution >= 4 is 5.69 Å². The summed E-state index contributed by atoms with van der Waals surface area (Å²) < 4.78 is 0. The molecule has 1 rings (SSSR count). The van der Waals surface area contributed by atoms with E-state index in [0.717, 1.165) is 12.0 Å². The Labute approximate surface area is 76.9 Å². The second-order valence-electron chi connectivity index (χ2n) is 2.68. The summed E-state index contributed by atoms with van der Waals surface area (Å²) in [5.41, 5.74) is 1.71. The molecular weight excluding hydrogens is 166 g/mol. The zero-order valence-electron chi connectivity index (χ0n) is 7.41. The van der Waals surface area contributed by atoms with E-state index in [4.69, 9.17) is 0 Å². The lowest BCUT2D eigenvalue weighted by atomic mass is 10.1. The van der Waals surface area contributed by atoms with Crippen molar-refractivity contribution in [1.82, 2.24) is 0 Å². The van der Waals surface area contributed by atoms with Gasteiger partial charge >= 0.3 is 0 Å². The highest BCUT2D eigenvalue weighted by molar-refractivity contribution is 5.41. The molecule has 1 aromatic carbocycles. The molecule has 1 aromatic rings. The van der Waals surface area contributed by atoms with Gasteiger partial charge in [-0.2, -0.15) is 0 Å². The highest BCUT2D eigenvalue weighted by Crippen LogP contribution is 2.17. The first kappa shape index (κ1) is 9.45. The lowest BCUT2D eigenvalue weighted by molar-refractivity contribution is -0.384. The fourth-order valence-corrected chi connectivity index (χ4v) is 1.09. The number of nitro groups is 1. The van der Waals surface area contributed by atoms with Gasteiger partial charge in [0.1, 0.15) is 0 Å². The van der Waals surface area contributed by atoms with E-state index in [-0.39, 0.29) is 5.69 Å². The normalized spacial score (nSPS) is 9.62. The van der Waals surface area contributed by atoms with Gasteiger partial charge in [-0.1, -0.05) is 19.6 Å². The number of benzene rings is 1. The quantitative estimate of drug-likeness (QED) is 0.524. The highest BCUT2D eigenvalue weighted by atomic mass is 16.6. The minimum Gasteiger partial charge on any atom is -0.258 e. The summed E-state index contributed by atoms with van der Waals surface area (Å²) in [4.78, 5) is 10.1. The maximum atomic E-state index is 10.5. The van der Waals surface area contributed by atoms with Gasteiger partial charge in [-0.25, -0.2) is 0 Å². The third-order valence-corrected chi connectivity index (χ3v) is 1.80. The lowest BCUT2D eigenvalue weighted by Gasteiger charge is -1.99. The number of rotatable bonds is 3. The Morgan fingerprint density at radius 2 is 2.23 bits per heavy atom. The van der Waals surface area contributed by atoms with Crippen molar-refractivity contribution in [2.45, 2.75) is 13.3 Å². The minimum absolute atomic E-state index is 0.102. The van der Waals surface area contributed by atoms with Crippen LogP contribution in [0, 0.1) is 16.2 Å². The Kier molecular flexibility index (Phi) is 2.80. The summed E-state index contributed by atoms with van der Waals surface area (Å²) >= 11 is 0. The molecule has 0 amide bonds. The number of nitro benzene ring substituents is 1. The zero-order valence-corrected chi connectivity index (χ0v) is 7.41. The van der Waals surface area contributed by atoms with Gasteiger partial charge in [-0.3, -0.25) is 10.1 Å². The maximum Gasteiger partial charge on any atom is 0.270 e. The summed E-state index contributed by atoms with van der Waals surface area (Å²) in [7, 11) is 0. The molecule has 0 saturated carbocycles. The smallest absolute Gasteiger partial charge is 0.258 e. The average molecular weight is 176 g/mol. The molecule has 3 nitrogen and oxygen atoms in total. The van der Waals surface area contributed by atoms with Crippen molar-refractivity contribution in [1.29, 1.82) is 0 Å². The van der Waals surface area contributed by atoms with Gasteiger partial charge in [0.25, 0.3) is 5.69 Å². The Balaban J connectivity index is 3.22. The summed E-state index contributed by atoms with van der Waals surface area (Å²) in [6.45, 7) is 5.41.